The van der Waals surface area contributed by atoms with Crippen LogP contribution in [0.1, 0.15) is 1.43 Å². The molecular weight excluding hydrogens is 422 g/mol. The monoisotopic (exact) mass is 432 g/mol. The molecule has 0 saturated carbocycles. The number of hydrogen-bond acceptors (Lipinski definition) is 0. The average Bonchev–Trinajstić information content (AvgIpc) is 1.00. The summed E-state index contributed by atoms with van der Waals surface area (Å²) < 4.78 is 0. The molecule has 0 rings (SSSR count). The predicted molar refractivity (Wildman–Crippen MR) is 25.3 cm³/mol. The van der Waals surface area contributed by atoms with Crippen LogP contribution in [0.3, 0.4) is 0 Å². The fourth-order valence-electron chi connectivity index (χ4n) is 0. The molecule has 0 aliphatic carbocycles. The fraction of sp³-hybridized carbons (Fsp3) is 0. The Morgan fingerprint density at radius 3 is 1.50 bits per heavy atom. The predicted octanol–water partition coefficient (Wildman–Crippen LogP) is -5.36. The second-order valence-electron chi connectivity index (χ2n) is 0. The molecule has 0 heterocycles. The van der Waals surface area contributed by atoms with Crippen LogP contribution in [-0.4, -0.2) is 59.1 Å². The van der Waals surface area contributed by atoms with Gasteiger partial charge in [0.1, 0.15) is 0 Å². The first kappa shape index (κ1) is 15.8. The van der Waals surface area contributed by atoms with Crippen LogP contribution in [0.15, 0.2) is 0 Å². The zero-order valence-corrected chi connectivity index (χ0v) is 12.5. The van der Waals surface area contributed by atoms with Crippen LogP contribution in [0, 0.1) is 0 Å². The van der Waals surface area contributed by atoms with Crippen molar-refractivity contribution in [3.05, 3.63) is 0 Å². The van der Waals surface area contributed by atoms with Crippen LogP contribution in [0.25, 0.3) is 0 Å². The van der Waals surface area contributed by atoms with Crippen LogP contribution < -0.4 is 18.9 Å². The molecule has 0 spiro atoms. The Hall–Kier alpha value is 2.79. The third-order valence-electron chi connectivity index (χ3n) is 0. The van der Waals surface area contributed by atoms with E-state index in [1.807, 2.05) is 0 Å². The summed E-state index contributed by atoms with van der Waals surface area (Å²) in [5.74, 6) is 0. The summed E-state index contributed by atoms with van der Waals surface area (Å²) >= 11 is 4.05. The molecule has 0 aliphatic rings. The van der Waals surface area contributed by atoms with E-state index in [-0.39, 0.29) is 46.5 Å². The molecule has 0 atom stereocenters. The van der Waals surface area contributed by atoms with Gasteiger partial charge in [0.05, 0.1) is 0 Å². The van der Waals surface area contributed by atoms with Crippen molar-refractivity contribution in [2.24, 2.45) is 0 Å². The van der Waals surface area contributed by atoms with Crippen molar-refractivity contribution in [3.8, 4) is 0 Å². The molecule has 0 aliphatic heterocycles. The Balaban J connectivity index is -0.00000000167. The summed E-state index contributed by atoms with van der Waals surface area (Å²) in [6.45, 7) is 0. The van der Waals surface area contributed by atoms with E-state index in [1.54, 1.807) is 20.1 Å². The molecule has 0 unspecified atom stereocenters. The maximum atomic E-state index is 2.36. The standard InChI is InChI=1S/Bi.Li.H2SeTe.4H/c;;1-2;;;;/h;;1-2H;;;;/q;+1;;;;;-1. The zero-order valence-electron chi connectivity index (χ0n) is 3.60. The topological polar surface area (TPSA) is 0 Å². The molecule has 0 aromatic rings. The summed E-state index contributed by atoms with van der Waals surface area (Å²) in [4.78, 5) is 0. The van der Waals surface area contributed by atoms with Crippen molar-refractivity contribution in [1.82, 2.24) is 0 Å². The minimum atomic E-state index is 0. The van der Waals surface area contributed by atoms with Gasteiger partial charge in [-0.2, -0.15) is 0 Å². The van der Waals surface area contributed by atoms with E-state index in [4.69, 9.17) is 0 Å². The van der Waals surface area contributed by atoms with Gasteiger partial charge < -0.3 is 1.43 Å². The minimum absolute atomic E-state index is 0. The Morgan fingerprint density at radius 2 is 1.50 bits per heavy atom. The molecule has 4 heteroatoms. The molecule has 0 amide bonds. The van der Waals surface area contributed by atoms with Crippen molar-refractivity contribution < 1.29 is 20.3 Å². The van der Waals surface area contributed by atoms with Crippen molar-refractivity contribution in [2.75, 3.05) is 0 Å². The van der Waals surface area contributed by atoms with Crippen molar-refractivity contribution >= 4 is 59.1 Å². The molecule has 0 N–H and O–H groups in total. The van der Waals surface area contributed by atoms with E-state index in [0.29, 0.717) is 0 Å². The van der Waals surface area contributed by atoms with Crippen molar-refractivity contribution in [3.63, 3.8) is 0 Å². The number of hydrogen-bond donors (Lipinski definition) is 0. The quantitative estimate of drug-likeness (QED) is 0.338. The van der Waals surface area contributed by atoms with Crippen molar-refractivity contribution in [1.29, 1.82) is 0 Å². The van der Waals surface area contributed by atoms with Crippen molar-refractivity contribution in [2.45, 2.75) is 0 Å². The Kier molecular flexibility index (Phi) is 67.6. The van der Waals surface area contributed by atoms with Crippen LogP contribution >= 0.6 is 0 Å². The van der Waals surface area contributed by atoms with Crippen LogP contribution in [-0.2, 0) is 0 Å². The SMILES string of the molecule is [BiH3].[H-].[Li+].[SeH][TeH]. The summed E-state index contributed by atoms with van der Waals surface area (Å²) in [5.41, 5.74) is 0. The Bertz CT molecular complexity index is 11.6. The third kappa shape index (κ3) is 8.84. The maximum absolute atomic E-state index is 2.36. The second-order valence-corrected chi connectivity index (χ2v) is 0. The normalized spacial score (nSPS) is 1.50. The van der Waals surface area contributed by atoms with Gasteiger partial charge >= 0.3 is 78.0 Å². The van der Waals surface area contributed by atoms with Gasteiger partial charge in [-0.1, -0.05) is 0 Å². The molecule has 0 bridgehead atoms. The number of rotatable bonds is 0. The molecule has 0 saturated heterocycles. The molecule has 0 fully saturated rings. The first-order valence-electron chi connectivity index (χ1n) is 0.200. The first-order valence-corrected chi connectivity index (χ1v) is 6.97. The molecule has 0 aromatic carbocycles. The second kappa shape index (κ2) is 17.1. The molecule has 24 valence electrons. The summed E-state index contributed by atoms with van der Waals surface area (Å²) in [5, 5.41) is 0. The van der Waals surface area contributed by atoms with E-state index in [1.165, 1.54) is 0 Å². The fourth-order valence-corrected chi connectivity index (χ4v) is 0. The van der Waals surface area contributed by atoms with Gasteiger partial charge in [-0.25, -0.2) is 0 Å². The summed E-state index contributed by atoms with van der Waals surface area (Å²) in [6.07, 6.45) is 0. The van der Waals surface area contributed by atoms with E-state index < -0.39 is 0 Å². The molecule has 0 nitrogen and oxygen atoms in total. The van der Waals surface area contributed by atoms with Crippen LogP contribution in [0.4, 0.5) is 0 Å². The third-order valence-corrected chi connectivity index (χ3v) is 0. The van der Waals surface area contributed by atoms with Gasteiger partial charge in [0.15, 0.2) is 0 Å². The van der Waals surface area contributed by atoms with Gasteiger partial charge in [0.25, 0.3) is 0 Å². The average molecular weight is 429 g/mol. The van der Waals surface area contributed by atoms with Gasteiger partial charge in [-0.05, 0) is 0 Å². The van der Waals surface area contributed by atoms with E-state index in [9.17, 15) is 0 Å². The molecule has 0 aromatic heterocycles. The Morgan fingerprint density at radius 1 is 1.50 bits per heavy atom. The van der Waals surface area contributed by atoms with Gasteiger partial charge in [0.2, 0.25) is 0 Å². The van der Waals surface area contributed by atoms with Crippen LogP contribution in [0.5, 0.6) is 0 Å². The van der Waals surface area contributed by atoms with E-state index >= 15 is 0 Å². The van der Waals surface area contributed by atoms with Gasteiger partial charge in [0, 0.05) is 0 Å². The molecule has 0 radical (unpaired) electrons. The molecular formula is H6BiLiSeTe. The van der Waals surface area contributed by atoms with Crippen LogP contribution in [0.2, 0.25) is 0 Å². The summed E-state index contributed by atoms with van der Waals surface area (Å²) in [6, 6.07) is 0. The van der Waals surface area contributed by atoms with E-state index in [2.05, 4.69) is 12.8 Å². The zero-order chi connectivity index (χ0) is 2.00. The molecule has 4 heavy (non-hydrogen) atoms. The van der Waals surface area contributed by atoms with Gasteiger partial charge in [-0.15, -0.1) is 0 Å². The van der Waals surface area contributed by atoms with Gasteiger partial charge in [-0.3, -0.25) is 0 Å². The summed E-state index contributed by atoms with van der Waals surface area (Å²) in [7, 11) is 0. The first-order chi connectivity index (χ1) is 1.00. The van der Waals surface area contributed by atoms with E-state index in [0.717, 1.165) is 0 Å². The Labute approximate surface area is 78.0 Å².